The first-order valence-corrected chi connectivity index (χ1v) is 6.46. The molecule has 1 aliphatic heterocycles. The lowest BCUT2D eigenvalue weighted by molar-refractivity contribution is 0.274. The van der Waals surface area contributed by atoms with E-state index >= 15 is 0 Å². The number of para-hydroxylation sites is 1. The van der Waals surface area contributed by atoms with Gasteiger partial charge in [0, 0.05) is 12.0 Å². The molecule has 3 rings (SSSR count). The number of benzene rings is 2. The summed E-state index contributed by atoms with van der Waals surface area (Å²) in [4.78, 5) is 0. The lowest BCUT2D eigenvalue weighted by Crippen LogP contribution is -2.20. The van der Waals surface area contributed by atoms with Crippen molar-refractivity contribution < 1.29 is 9.13 Å². The molecule has 0 aromatic heterocycles. The van der Waals surface area contributed by atoms with Crippen LogP contribution >= 0.6 is 0 Å². The van der Waals surface area contributed by atoms with E-state index in [0.717, 1.165) is 17.7 Å². The maximum Gasteiger partial charge on any atom is 0.147 e. The maximum atomic E-state index is 13.9. The number of halogens is 1. The van der Waals surface area contributed by atoms with Crippen LogP contribution < -0.4 is 10.1 Å². The van der Waals surface area contributed by atoms with Crippen molar-refractivity contribution >= 4 is 5.69 Å². The Hall–Kier alpha value is -2.54. The van der Waals surface area contributed by atoms with Gasteiger partial charge in [-0.25, -0.2) is 4.39 Å². The molecule has 0 saturated carbocycles. The van der Waals surface area contributed by atoms with Gasteiger partial charge in [0.2, 0.25) is 0 Å². The van der Waals surface area contributed by atoms with Crippen molar-refractivity contribution in [3.63, 3.8) is 0 Å². The molecule has 1 heterocycles. The van der Waals surface area contributed by atoms with Gasteiger partial charge in [-0.15, -0.1) is 0 Å². The summed E-state index contributed by atoms with van der Waals surface area (Å²) in [6, 6.07) is 14.2. The van der Waals surface area contributed by atoms with E-state index in [9.17, 15) is 4.39 Å². The molecule has 2 aromatic rings. The standard InChI is InChI=1S/C16H13FN2O/c17-13-9-11(10-18)5-6-15(13)19-14-7-8-20-16-4-2-1-3-12(14)16/h1-6,9,14,19H,7-8H2. The van der Waals surface area contributed by atoms with Crippen LogP contribution in [0.15, 0.2) is 42.5 Å². The number of nitrogens with zero attached hydrogens (tertiary/aromatic N) is 1. The summed E-state index contributed by atoms with van der Waals surface area (Å²) in [5.74, 6) is 0.429. The van der Waals surface area contributed by atoms with E-state index in [2.05, 4.69) is 5.32 Å². The second-order valence-corrected chi connectivity index (χ2v) is 4.68. The van der Waals surface area contributed by atoms with E-state index < -0.39 is 5.82 Å². The summed E-state index contributed by atoms with van der Waals surface area (Å²) in [5, 5.41) is 11.9. The molecule has 1 unspecified atom stereocenters. The molecule has 100 valence electrons. The molecule has 0 saturated heterocycles. The highest BCUT2D eigenvalue weighted by Crippen LogP contribution is 2.34. The third-order valence-corrected chi connectivity index (χ3v) is 3.39. The Morgan fingerprint density at radius 1 is 1.25 bits per heavy atom. The van der Waals surface area contributed by atoms with Crippen LogP contribution in [0.1, 0.15) is 23.6 Å². The fourth-order valence-corrected chi connectivity index (χ4v) is 2.38. The fourth-order valence-electron chi connectivity index (χ4n) is 2.38. The van der Waals surface area contributed by atoms with E-state index in [1.807, 2.05) is 30.3 Å². The highest BCUT2D eigenvalue weighted by molar-refractivity contribution is 5.52. The van der Waals surface area contributed by atoms with Crippen LogP contribution in [0.4, 0.5) is 10.1 Å². The molecule has 0 bridgehead atoms. The van der Waals surface area contributed by atoms with Crippen LogP contribution in [0.5, 0.6) is 5.75 Å². The zero-order valence-corrected chi connectivity index (χ0v) is 10.8. The molecule has 0 aliphatic carbocycles. The summed E-state index contributed by atoms with van der Waals surface area (Å²) in [7, 11) is 0. The van der Waals surface area contributed by atoms with Gasteiger partial charge in [-0.3, -0.25) is 0 Å². The van der Waals surface area contributed by atoms with E-state index in [-0.39, 0.29) is 6.04 Å². The number of hydrogen-bond acceptors (Lipinski definition) is 3. The van der Waals surface area contributed by atoms with Crippen molar-refractivity contribution in [1.29, 1.82) is 5.26 Å². The molecule has 20 heavy (non-hydrogen) atoms. The minimum atomic E-state index is -0.409. The topological polar surface area (TPSA) is 45.0 Å². The molecule has 0 amide bonds. The number of rotatable bonds is 2. The molecular formula is C16H13FN2O. The second-order valence-electron chi connectivity index (χ2n) is 4.68. The van der Waals surface area contributed by atoms with Gasteiger partial charge in [-0.1, -0.05) is 18.2 Å². The molecule has 3 nitrogen and oxygen atoms in total. The summed E-state index contributed by atoms with van der Waals surface area (Å²) < 4.78 is 19.5. The highest BCUT2D eigenvalue weighted by atomic mass is 19.1. The zero-order chi connectivity index (χ0) is 13.9. The van der Waals surface area contributed by atoms with Crippen LogP contribution in [-0.2, 0) is 0 Å². The number of nitriles is 1. The quantitative estimate of drug-likeness (QED) is 0.904. The Kier molecular flexibility index (Phi) is 3.26. The van der Waals surface area contributed by atoms with Crippen molar-refractivity contribution in [3.8, 4) is 11.8 Å². The third-order valence-electron chi connectivity index (χ3n) is 3.39. The Bertz CT molecular complexity index is 678. The predicted octanol–water partition coefficient (Wildman–Crippen LogP) is 3.63. The number of hydrogen-bond donors (Lipinski definition) is 1. The summed E-state index contributed by atoms with van der Waals surface area (Å²) >= 11 is 0. The average molecular weight is 268 g/mol. The molecular weight excluding hydrogens is 255 g/mol. The monoisotopic (exact) mass is 268 g/mol. The maximum absolute atomic E-state index is 13.9. The summed E-state index contributed by atoms with van der Waals surface area (Å²) in [5.41, 5.74) is 1.76. The van der Waals surface area contributed by atoms with Crippen LogP contribution in [0.2, 0.25) is 0 Å². The SMILES string of the molecule is N#Cc1ccc(NC2CCOc3ccccc32)c(F)c1. The number of fused-ring (bicyclic) bond motifs is 1. The van der Waals surface area contributed by atoms with Gasteiger partial charge in [-0.05, 0) is 24.3 Å². The average Bonchev–Trinajstić information content (AvgIpc) is 2.49. The zero-order valence-electron chi connectivity index (χ0n) is 10.8. The number of anilines is 1. The second kappa shape index (κ2) is 5.22. The molecule has 4 heteroatoms. The van der Waals surface area contributed by atoms with Gasteiger partial charge in [0.1, 0.15) is 11.6 Å². The van der Waals surface area contributed by atoms with Crippen LogP contribution in [-0.4, -0.2) is 6.61 Å². The number of nitrogens with one attached hydrogen (secondary N) is 1. The first-order chi connectivity index (χ1) is 9.78. The van der Waals surface area contributed by atoms with Crippen molar-refractivity contribution in [3.05, 3.63) is 59.4 Å². The van der Waals surface area contributed by atoms with Gasteiger partial charge in [0.05, 0.1) is 30.0 Å². The van der Waals surface area contributed by atoms with E-state index in [0.29, 0.717) is 17.9 Å². The molecule has 1 aliphatic rings. The Labute approximate surface area is 116 Å². The van der Waals surface area contributed by atoms with E-state index in [4.69, 9.17) is 10.00 Å². The lowest BCUT2D eigenvalue weighted by Gasteiger charge is -2.27. The van der Waals surface area contributed by atoms with Gasteiger partial charge in [0.25, 0.3) is 0 Å². The van der Waals surface area contributed by atoms with Gasteiger partial charge in [0.15, 0.2) is 0 Å². The number of ether oxygens (including phenoxy) is 1. The molecule has 0 radical (unpaired) electrons. The van der Waals surface area contributed by atoms with Gasteiger partial charge >= 0.3 is 0 Å². The first-order valence-electron chi connectivity index (χ1n) is 6.46. The van der Waals surface area contributed by atoms with Crippen molar-refractivity contribution in [2.75, 3.05) is 11.9 Å². The first kappa shape index (κ1) is 12.5. The largest absolute Gasteiger partial charge is 0.493 e. The Morgan fingerprint density at radius 3 is 2.90 bits per heavy atom. The van der Waals surface area contributed by atoms with Gasteiger partial charge in [-0.2, -0.15) is 5.26 Å². The van der Waals surface area contributed by atoms with Crippen molar-refractivity contribution in [2.24, 2.45) is 0 Å². The van der Waals surface area contributed by atoms with E-state index in [1.54, 1.807) is 12.1 Å². The smallest absolute Gasteiger partial charge is 0.147 e. The third kappa shape index (κ3) is 2.30. The molecule has 2 aromatic carbocycles. The fraction of sp³-hybridized carbons (Fsp3) is 0.188. The Balaban J connectivity index is 1.88. The minimum absolute atomic E-state index is 0.0161. The molecule has 1 N–H and O–H groups in total. The van der Waals surface area contributed by atoms with Crippen molar-refractivity contribution in [2.45, 2.75) is 12.5 Å². The van der Waals surface area contributed by atoms with Crippen molar-refractivity contribution in [1.82, 2.24) is 0 Å². The van der Waals surface area contributed by atoms with Crippen LogP contribution in [0.25, 0.3) is 0 Å². The lowest BCUT2D eigenvalue weighted by atomic mass is 10.00. The minimum Gasteiger partial charge on any atom is -0.493 e. The summed E-state index contributed by atoms with van der Waals surface area (Å²) in [6.45, 7) is 0.604. The molecule has 0 spiro atoms. The van der Waals surface area contributed by atoms with Gasteiger partial charge < -0.3 is 10.1 Å². The molecule has 0 fully saturated rings. The summed E-state index contributed by atoms with van der Waals surface area (Å²) in [6.07, 6.45) is 0.774. The highest BCUT2D eigenvalue weighted by Gasteiger charge is 2.21. The molecule has 1 atom stereocenters. The van der Waals surface area contributed by atoms with Crippen LogP contribution in [0.3, 0.4) is 0 Å². The Morgan fingerprint density at radius 2 is 2.10 bits per heavy atom. The van der Waals surface area contributed by atoms with E-state index in [1.165, 1.54) is 6.07 Å². The normalized spacial score (nSPS) is 16.7. The van der Waals surface area contributed by atoms with Crippen LogP contribution in [0, 0.1) is 17.1 Å². The predicted molar refractivity (Wildman–Crippen MR) is 74.0 cm³/mol.